The first-order chi connectivity index (χ1) is 14.7. The number of hydrogen-bond donors (Lipinski definition) is 5. The number of rotatable bonds is 7. The van der Waals surface area contributed by atoms with Gasteiger partial charge < -0.3 is 15.5 Å². The fraction of sp³-hybridized carbons (Fsp3) is 0.476. The van der Waals surface area contributed by atoms with Crippen molar-refractivity contribution in [1.29, 1.82) is 10.0 Å². The lowest BCUT2D eigenvalue weighted by atomic mass is 9.90. The Morgan fingerprint density at radius 3 is 2.22 bits per heavy atom. The Hall–Kier alpha value is -2.52. The first-order valence-electron chi connectivity index (χ1n) is 10.00. The molecule has 0 radical (unpaired) electrons. The molecule has 2 aromatic rings. The molecule has 1 unspecified atom stereocenters. The molecule has 1 aromatic carbocycles. The first kappa shape index (κ1) is 25.7. The lowest BCUT2D eigenvalue weighted by Crippen LogP contribution is -2.34. The van der Waals surface area contributed by atoms with E-state index in [-0.39, 0.29) is 26.7 Å². The number of aliphatic hydroxyl groups excluding tert-OH is 1. The minimum atomic E-state index is -3.87. The summed E-state index contributed by atoms with van der Waals surface area (Å²) in [5, 5.41) is 32.0. The molecule has 5 N–H and O–H groups in total. The highest BCUT2D eigenvalue weighted by atomic mass is 32.2. The van der Waals surface area contributed by atoms with Gasteiger partial charge in [0, 0.05) is 5.69 Å². The van der Waals surface area contributed by atoms with Gasteiger partial charge in [-0.25, -0.2) is 23.5 Å². The van der Waals surface area contributed by atoms with E-state index in [0.717, 1.165) is 22.5 Å². The predicted octanol–water partition coefficient (Wildman–Crippen LogP) is 4.12. The van der Waals surface area contributed by atoms with Crippen LogP contribution in [-0.2, 0) is 22.1 Å². The largest absolute Gasteiger partial charge is 0.390 e. The maximum absolute atomic E-state index is 13.1. The summed E-state index contributed by atoms with van der Waals surface area (Å²) in [5.41, 5.74) is 1.09. The van der Waals surface area contributed by atoms with Crippen molar-refractivity contribution in [2.24, 2.45) is 0 Å². The molecular formula is C21H29N5O4S2. The highest BCUT2D eigenvalue weighted by Crippen LogP contribution is 2.34. The number of carbonyl (C=O) groups is 1. The van der Waals surface area contributed by atoms with E-state index in [2.05, 4.69) is 21.1 Å². The Balaban J connectivity index is 2.43. The summed E-state index contributed by atoms with van der Waals surface area (Å²) in [4.78, 5) is 16.9. The van der Waals surface area contributed by atoms with Crippen LogP contribution in [-0.4, -0.2) is 25.4 Å². The van der Waals surface area contributed by atoms with Gasteiger partial charge in [0.05, 0.1) is 23.9 Å². The molecule has 0 fully saturated rings. The number of urea groups is 1. The number of nitrogens with one attached hydrogen (secondary N) is 3. The zero-order chi connectivity index (χ0) is 24.4. The van der Waals surface area contributed by atoms with E-state index in [1.165, 1.54) is 13.8 Å². The first-order valence-corrected chi connectivity index (χ1v) is 12.4. The maximum Gasteiger partial charge on any atom is 0.331 e. The second-order valence-electron chi connectivity index (χ2n) is 8.53. The summed E-state index contributed by atoms with van der Waals surface area (Å²) in [7, 11) is -3.87. The van der Waals surface area contributed by atoms with Crippen molar-refractivity contribution in [2.45, 2.75) is 69.8 Å². The van der Waals surface area contributed by atoms with E-state index in [1.54, 1.807) is 12.1 Å². The average molecular weight is 480 g/mol. The Morgan fingerprint density at radius 2 is 1.81 bits per heavy atom. The molecule has 32 heavy (non-hydrogen) atoms. The number of benzene rings is 1. The van der Waals surface area contributed by atoms with Gasteiger partial charge in [-0.3, -0.25) is 0 Å². The van der Waals surface area contributed by atoms with Gasteiger partial charge in [0.1, 0.15) is 14.8 Å². The van der Waals surface area contributed by atoms with Crippen LogP contribution in [0.25, 0.3) is 0 Å². The number of carbonyl (C=O) groups excluding carboxylic acids is 1. The third kappa shape index (κ3) is 5.63. The molecule has 0 aliphatic carbocycles. The fourth-order valence-electron chi connectivity index (χ4n) is 3.05. The van der Waals surface area contributed by atoms with Crippen molar-refractivity contribution in [3.05, 3.63) is 39.5 Å². The van der Waals surface area contributed by atoms with Crippen molar-refractivity contribution in [2.75, 3.05) is 5.32 Å². The maximum atomic E-state index is 13.1. The number of nitriles is 1. The summed E-state index contributed by atoms with van der Waals surface area (Å²) < 4.78 is 23.4. The van der Waals surface area contributed by atoms with Gasteiger partial charge in [-0.1, -0.05) is 27.7 Å². The van der Waals surface area contributed by atoms with E-state index >= 15 is 0 Å². The van der Waals surface area contributed by atoms with Crippen molar-refractivity contribution in [3.63, 3.8) is 0 Å². The van der Waals surface area contributed by atoms with Crippen LogP contribution in [0.3, 0.4) is 0 Å². The molecule has 0 bridgehead atoms. The van der Waals surface area contributed by atoms with Crippen molar-refractivity contribution in [1.82, 2.24) is 9.71 Å². The van der Waals surface area contributed by atoms with E-state index in [4.69, 9.17) is 4.78 Å². The number of anilines is 1. The third-order valence-corrected chi connectivity index (χ3v) is 8.03. The number of aromatic nitrogens is 1. The lowest BCUT2D eigenvalue weighted by molar-refractivity contribution is 0.0779. The van der Waals surface area contributed by atoms with Crippen LogP contribution in [0.15, 0.2) is 16.3 Å². The van der Waals surface area contributed by atoms with E-state index in [1.807, 2.05) is 27.7 Å². The molecule has 2 rings (SSSR count). The summed E-state index contributed by atoms with van der Waals surface area (Å²) in [6.45, 7) is 10.1. The minimum absolute atomic E-state index is 0.00621. The molecule has 1 heterocycles. The van der Waals surface area contributed by atoms with Crippen molar-refractivity contribution >= 4 is 33.0 Å². The van der Waals surface area contributed by atoms with Crippen LogP contribution in [0.2, 0.25) is 0 Å². The van der Waals surface area contributed by atoms with Crippen LogP contribution < -0.4 is 10.0 Å². The van der Waals surface area contributed by atoms with Crippen molar-refractivity contribution in [3.8, 4) is 6.07 Å². The Kier molecular flexibility index (Phi) is 7.67. The molecule has 11 heteroatoms. The molecule has 0 aliphatic rings. The molecule has 1 aromatic heterocycles. The zero-order valence-corrected chi connectivity index (χ0v) is 20.6. The normalized spacial score (nSPS) is 13.7. The quantitative estimate of drug-likeness (QED) is 0.401. The van der Waals surface area contributed by atoms with E-state index < -0.39 is 28.2 Å². The molecule has 174 valence electrons. The second-order valence-corrected chi connectivity index (χ2v) is 11.5. The summed E-state index contributed by atoms with van der Waals surface area (Å²) >= 11 is 0.805. The summed E-state index contributed by atoms with van der Waals surface area (Å²) in [6, 6.07) is 4.67. The highest BCUT2D eigenvalue weighted by molar-refractivity contribution is 7.93. The van der Waals surface area contributed by atoms with Crippen LogP contribution in [0.1, 0.15) is 80.8 Å². The van der Waals surface area contributed by atoms with Crippen LogP contribution >= 0.6 is 11.3 Å². The molecule has 9 nitrogen and oxygen atoms in total. The topological polar surface area (TPSA) is 159 Å². The Bertz CT molecular complexity index is 1130. The molecule has 0 saturated carbocycles. The van der Waals surface area contributed by atoms with E-state index in [9.17, 15) is 24.5 Å². The van der Waals surface area contributed by atoms with Gasteiger partial charge in [-0.05, 0) is 48.9 Å². The molecule has 0 spiro atoms. The molecule has 0 aliphatic heterocycles. The monoisotopic (exact) mass is 479 g/mol. The summed E-state index contributed by atoms with van der Waals surface area (Å²) in [5.74, 6) is -0.0124. The number of nitrogens with zero attached hydrogens (tertiary/aromatic N) is 2. The molecule has 0 saturated heterocycles. The number of hydrogen-bond acceptors (Lipinski definition) is 8. The molecule has 2 amide bonds. The fourth-order valence-corrected chi connectivity index (χ4v) is 5.53. The van der Waals surface area contributed by atoms with Crippen molar-refractivity contribution < 1.29 is 19.2 Å². The smallest absolute Gasteiger partial charge is 0.331 e. The molecule has 1 atom stereocenters. The number of aliphatic hydroxyl groups is 2. The number of amides is 2. The van der Waals surface area contributed by atoms with Crippen LogP contribution in [0, 0.1) is 16.1 Å². The highest BCUT2D eigenvalue weighted by Gasteiger charge is 2.29. The average Bonchev–Trinajstić information content (AvgIpc) is 3.13. The second kappa shape index (κ2) is 9.54. The third-order valence-electron chi connectivity index (χ3n) is 4.64. The molecular weight excluding hydrogens is 450 g/mol. The van der Waals surface area contributed by atoms with Gasteiger partial charge >= 0.3 is 6.03 Å². The van der Waals surface area contributed by atoms with E-state index in [0.29, 0.717) is 11.3 Å². The predicted molar refractivity (Wildman–Crippen MR) is 124 cm³/mol. The SMILES string of the molecule is CC(C)c1cc(C#N)cc(C(C)C)c1NC(=O)NS(=N)(=O)c1sc(C(C)(C)O)nc1CO. The minimum Gasteiger partial charge on any atom is -0.390 e. The van der Waals surface area contributed by atoms with Gasteiger partial charge in [-0.2, -0.15) is 5.26 Å². The number of thiazole rings is 1. The van der Waals surface area contributed by atoms with Crippen LogP contribution in [0.5, 0.6) is 0 Å². The Labute approximate surface area is 192 Å². The van der Waals surface area contributed by atoms with Gasteiger partial charge in [0.25, 0.3) is 0 Å². The van der Waals surface area contributed by atoms with Gasteiger partial charge in [0.15, 0.2) is 9.92 Å². The summed E-state index contributed by atoms with van der Waals surface area (Å²) in [6.07, 6.45) is 0. The Morgan fingerprint density at radius 1 is 1.28 bits per heavy atom. The van der Waals surface area contributed by atoms with Gasteiger partial charge in [0.2, 0.25) is 0 Å². The van der Waals surface area contributed by atoms with Gasteiger partial charge in [-0.15, -0.1) is 11.3 Å². The lowest BCUT2D eigenvalue weighted by Gasteiger charge is -2.21. The van der Waals surface area contributed by atoms with Crippen LogP contribution in [0.4, 0.5) is 10.5 Å². The standard InChI is InChI=1S/C21H29N5O4S2/c1-11(2)14-7-13(9-22)8-15(12(3)4)17(14)25-20(28)26-32(23,30)18-16(10-27)24-19(31-18)21(5,6)29/h7-8,11-12,27,29H,10H2,1-6H3,(H3,23,25,26,28,30). The zero-order valence-electron chi connectivity index (χ0n) is 18.9.